The van der Waals surface area contributed by atoms with Gasteiger partial charge in [0.2, 0.25) is 0 Å². The van der Waals surface area contributed by atoms with E-state index in [2.05, 4.69) is 32.0 Å². The van der Waals surface area contributed by atoms with Crippen molar-refractivity contribution >= 4 is 0 Å². The summed E-state index contributed by atoms with van der Waals surface area (Å²) < 4.78 is 0. The van der Waals surface area contributed by atoms with Crippen LogP contribution in [-0.2, 0) is 0 Å². The van der Waals surface area contributed by atoms with E-state index in [1.54, 1.807) is 0 Å². The highest BCUT2D eigenvalue weighted by molar-refractivity contribution is 5.33. The zero-order chi connectivity index (χ0) is 14.3. The second-order valence-electron chi connectivity index (χ2n) is 6.87. The number of aliphatic hydroxyl groups excluding tert-OH is 1. The fourth-order valence-electron chi connectivity index (χ4n) is 4.29. The van der Waals surface area contributed by atoms with Crippen LogP contribution in [0.3, 0.4) is 0 Å². The molecule has 2 aliphatic rings. The summed E-state index contributed by atoms with van der Waals surface area (Å²) in [4.78, 5) is 0. The molecular weight excluding hydrogens is 246 g/mol. The van der Waals surface area contributed by atoms with Gasteiger partial charge >= 0.3 is 0 Å². The maximum atomic E-state index is 10.8. The molecular formula is C18H27NO. The van der Waals surface area contributed by atoms with E-state index in [4.69, 9.17) is 5.73 Å². The number of aryl methyl sites for hydroxylation is 2. The number of fused-ring (bicyclic) bond motifs is 1. The van der Waals surface area contributed by atoms with E-state index in [1.165, 1.54) is 42.4 Å². The summed E-state index contributed by atoms with van der Waals surface area (Å²) in [5, 5.41) is 10.8. The molecule has 2 aliphatic carbocycles. The van der Waals surface area contributed by atoms with Crippen molar-refractivity contribution in [3.63, 3.8) is 0 Å². The normalized spacial score (nSPS) is 31.5. The van der Waals surface area contributed by atoms with Crippen molar-refractivity contribution in [1.82, 2.24) is 0 Å². The Kier molecular flexibility index (Phi) is 3.87. The van der Waals surface area contributed by atoms with E-state index in [0.717, 1.165) is 11.8 Å². The molecule has 110 valence electrons. The fourth-order valence-corrected chi connectivity index (χ4v) is 4.29. The van der Waals surface area contributed by atoms with Gasteiger partial charge in [0.05, 0.1) is 6.10 Å². The standard InChI is InChI=1S/C18H27NO/c1-11-7-8-13(9-12(11)2)16(10-19)18(20)17-14-5-3-4-6-15(14)17/h7-9,14-18,20H,3-6,10,19H2,1-2H3. The second-order valence-corrected chi connectivity index (χ2v) is 6.87. The summed E-state index contributed by atoms with van der Waals surface area (Å²) in [7, 11) is 0. The minimum Gasteiger partial charge on any atom is -0.392 e. The van der Waals surface area contributed by atoms with Crippen molar-refractivity contribution in [3.05, 3.63) is 34.9 Å². The first-order chi connectivity index (χ1) is 9.63. The van der Waals surface area contributed by atoms with E-state index < -0.39 is 0 Å². The maximum Gasteiger partial charge on any atom is 0.0654 e. The van der Waals surface area contributed by atoms with Crippen LogP contribution in [0.1, 0.15) is 48.3 Å². The minimum atomic E-state index is -0.254. The quantitative estimate of drug-likeness (QED) is 0.885. The van der Waals surface area contributed by atoms with Crippen molar-refractivity contribution in [3.8, 4) is 0 Å². The maximum absolute atomic E-state index is 10.8. The number of benzene rings is 1. The average molecular weight is 273 g/mol. The SMILES string of the molecule is Cc1ccc(C(CN)C(O)C2C3CCCCC32)cc1C. The monoisotopic (exact) mass is 273 g/mol. The van der Waals surface area contributed by atoms with Crippen LogP contribution in [0, 0.1) is 31.6 Å². The lowest BCUT2D eigenvalue weighted by Gasteiger charge is -2.23. The Hall–Kier alpha value is -0.860. The summed E-state index contributed by atoms with van der Waals surface area (Å²) >= 11 is 0. The lowest BCUT2D eigenvalue weighted by atomic mass is 9.88. The largest absolute Gasteiger partial charge is 0.392 e. The van der Waals surface area contributed by atoms with Crippen molar-refractivity contribution in [2.45, 2.75) is 51.6 Å². The van der Waals surface area contributed by atoms with Gasteiger partial charge in [0.15, 0.2) is 0 Å². The smallest absolute Gasteiger partial charge is 0.0654 e. The van der Waals surface area contributed by atoms with Gasteiger partial charge in [0.25, 0.3) is 0 Å². The van der Waals surface area contributed by atoms with Crippen LogP contribution in [-0.4, -0.2) is 17.8 Å². The molecule has 0 heterocycles. The van der Waals surface area contributed by atoms with Gasteiger partial charge in [-0.3, -0.25) is 0 Å². The number of nitrogens with two attached hydrogens (primary N) is 1. The summed E-state index contributed by atoms with van der Waals surface area (Å²) in [5.41, 5.74) is 9.80. The summed E-state index contributed by atoms with van der Waals surface area (Å²) in [6, 6.07) is 6.51. The molecule has 4 unspecified atom stereocenters. The zero-order valence-corrected chi connectivity index (χ0v) is 12.7. The molecule has 0 bridgehead atoms. The Morgan fingerprint density at radius 1 is 1.15 bits per heavy atom. The second kappa shape index (κ2) is 5.50. The van der Waals surface area contributed by atoms with Crippen molar-refractivity contribution in [2.24, 2.45) is 23.5 Å². The van der Waals surface area contributed by atoms with Gasteiger partial charge < -0.3 is 10.8 Å². The predicted molar refractivity (Wildman–Crippen MR) is 82.7 cm³/mol. The molecule has 2 saturated carbocycles. The topological polar surface area (TPSA) is 46.2 Å². The van der Waals surface area contributed by atoms with Gasteiger partial charge in [-0.15, -0.1) is 0 Å². The number of aliphatic hydroxyl groups is 1. The van der Waals surface area contributed by atoms with Gasteiger partial charge in [0.1, 0.15) is 0 Å². The highest BCUT2D eigenvalue weighted by Gasteiger charge is 2.55. The van der Waals surface area contributed by atoms with Gasteiger partial charge in [-0.2, -0.15) is 0 Å². The third-order valence-electron chi connectivity index (χ3n) is 5.74. The molecule has 3 rings (SSSR count). The molecule has 0 radical (unpaired) electrons. The zero-order valence-electron chi connectivity index (χ0n) is 12.7. The molecule has 0 aromatic heterocycles. The van der Waals surface area contributed by atoms with Crippen LogP contribution in [0.25, 0.3) is 0 Å². The minimum absolute atomic E-state index is 0.102. The predicted octanol–water partition coefficient (Wildman–Crippen LogP) is 3.14. The third kappa shape index (κ3) is 2.40. The van der Waals surface area contributed by atoms with E-state index >= 15 is 0 Å². The van der Waals surface area contributed by atoms with E-state index in [0.29, 0.717) is 12.5 Å². The van der Waals surface area contributed by atoms with Gasteiger partial charge in [-0.25, -0.2) is 0 Å². The first kappa shape index (κ1) is 14.1. The Labute approximate surface area is 122 Å². The first-order valence-corrected chi connectivity index (χ1v) is 8.08. The molecule has 2 heteroatoms. The third-order valence-corrected chi connectivity index (χ3v) is 5.74. The van der Waals surface area contributed by atoms with Gasteiger partial charge in [-0.05, 0) is 61.1 Å². The van der Waals surface area contributed by atoms with Gasteiger partial charge in [0, 0.05) is 12.5 Å². The molecule has 0 aliphatic heterocycles. The molecule has 4 atom stereocenters. The van der Waals surface area contributed by atoms with Crippen LogP contribution in [0.2, 0.25) is 0 Å². The van der Waals surface area contributed by atoms with E-state index in [-0.39, 0.29) is 12.0 Å². The molecule has 2 fully saturated rings. The summed E-state index contributed by atoms with van der Waals surface area (Å²) in [6.07, 6.45) is 5.07. The molecule has 1 aromatic rings. The van der Waals surface area contributed by atoms with Crippen LogP contribution in [0.5, 0.6) is 0 Å². The average Bonchev–Trinajstić information content (AvgIpc) is 3.17. The highest BCUT2D eigenvalue weighted by Crippen LogP contribution is 2.58. The van der Waals surface area contributed by atoms with Crippen LogP contribution < -0.4 is 5.73 Å². The lowest BCUT2D eigenvalue weighted by Crippen LogP contribution is -2.28. The van der Waals surface area contributed by atoms with E-state index in [1.807, 2.05) is 0 Å². The van der Waals surface area contributed by atoms with Crippen molar-refractivity contribution < 1.29 is 5.11 Å². The molecule has 0 spiro atoms. The first-order valence-electron chi connectivity index (χ1n) is 8.08. The highest BCUT2D eigenvalue weighted by atomic mass is 16.3. The van der Waals surface area contributed by atoms with Gasteiger partial charge in [-0.1, -0.05) is 31.0 Å². The fraction of sp³-hybridized carbons (Fsp3) is 0.667. The molecule has 2 nitrogen and oxygen atoms in total. The lowest BCUT2D eigenvalue weighted by molar-refractivity contribution is 0.112. The van der Waals surface area contributed by atoms with Crippen molar-refractivity contribution in [2.75, 3.05) is 6.54 Å². The van der Waals surface area contributed by atoms with Crippen LogP contribution in [0.15, 0.2) is 18.2 Å². The Morgan fingerprint density at radius 3 is 2.35 bits per heavy atom. The van der Waals surface area contributed by atoms with Crippen LogP contribution in [0.4, 0.5) is 0 Å². The molecule has 0 amide bonds. The number of rotatable bonds is 4. The molecule has 1 aromatic carbocycles. The molecule has 0 saturated heterocycles. The summed E-state index contributed by atoms with van der Waals surface area (Å²) in [6.45, 7) is 4.80. The van der Waals surface area contributed by atoms with Crippen molar-refractivity contribution in [1.29, 1.82) is 0 Å². The molecule has 3 N–H and O–H groups in total. The van der Waals surface area contributed by atoms with Crippen LogP contribution >= 0.6 is 0 Å². The Morgan fingerprint density at radius 2 is 1.80 bits per heavy atom. The Balaban J connectivity index is 1.77. The summed E-state index contributed by atoms with van der Waals surface area (Å²) in [5.74, 6) is 2.16. The van der Waals surface area contributed by atoms with E-state index in [9.17, 15) is 5.11 Å². The number of hydrogen-bond donors (Lipinski definition) is 2. The number of hydrogen-bond acceptors (Lipinski definition) is 2. The Bertz CT molecular complexity index is 472. The molecule has 20 heavy (non-hydrogen) atoms.